The number of nitrogens with zero attached hydrogens (tertiary/aromatic N) is 2. The van der Waals surface area contributed by atoms with Crippen molar-refractivity contribution in [3.05, 3.63) is 94.2 Å². The lowest BCUT2D eigenvalue weighted by Gasteiger charge is -2.25. The fourth-order valence-corrected chi connectivity index (χ4v) is 5.74. The van der Waals surface area contributed by atoms with Gasteiger partial charge in [-0.1, -0.05) is 54.7 Å². The normalized spacial score (nSPS) is 15.1. The first kappa shape index (κ1) is 26.8. The smallest absolute Gasteiger partial charge is 0.344 e. The summed E-state index contributed by atoms with van der Waals surface area (Å²) in [6, 6.07) is 14.2. The number of aromatic nitrogens is 1. The van der Waals surface area contributed by atoms with Crippen molar-refractivity contribution < 1.29 is 23.8 Å². The average molecular weight is 632 g/mol. The SMILES string of the molecule is CCOC(=O)COc1ccc(/C=c2\sc3n(c2=O)[C@H](c2ccccc2)C(C(=O)OC)=C(CC)N=3)cc1I. The van der Waals surface area contributed by atoms with Gasteiger partial charge in [-0.25, -0.2) is 14.6 Å². The molecule has 2 heterocycles. The molecule has 10 heteroatoms. The summed E-state index contributed by atoms with van der Waals surface area (Å²) in [7, 11) is 1.33. The third kappa shape index (κ3) is 5.69. The Morgan fingerprint density at radius 3 is 2.57 bits per heavy atom. The number of halogens is 1. The van der Waals surface area contributed by atoms with E-state index < -0.39 is 18.0 Å². The van der Waals surface area contributed by atoms with Crippen LogP contribution in [0.1, 0.15) is 37.4 Å². The Hall–Kier alpha value is -3.25. The largest absolute Gasteiger partial charge is 0.481 e. The van der Waals surface area contributed by atoms with Gasteiger partial charge in [-0.2, -0.15) is 0 Å². The highest BCUT2D eigenvalue weighted by Gasteiger charge is 2.33. The van der Waals surface area contributed by atoms with Crippen molar-refractivity contribution in [3.63, 3.8) is 0 Å². The van der Waals surface area contributed by atoms with Crippen LogP contribution in [0.25, 0.3) is 6.08 Å². The number of rotatable bonds is 8. The maximum atomic E-state index is 13.7. The summed E-state index contributed by atoms with van der Waals surface area (Å²) < 4.78 is 18.4. The molecule has 0 N–H and O–H groups in total. The molecule has 0 fully saturated rings. The molecule has 1 aliphatic heterocycles. The minimum absolute atomic E-state index is 0.177. The van der Waals surface area contributed by atoms with E-state index in [4.69, 9.17) is 14.2 Å². The number of thiazole rings is 1. The van der Waals surface area contributed by atoms with Gasteiger partial charge < -0.3 is 14.2 Å². The Labute approximate surface area is 231 Å². The maximum absolute atomic E-state index is 13.7. The van der Waals surface area contributed by atoms with Gasteiger partial charge in [0.25, 0.3) is 5.56 Å². The van der Waals surface area contributed by atoms with Gasteiger partial charge >= 0.3 is 11.9 Å². The molecule has 0 aliphatic carbocycles. The van der Waals surface area contributed by atoms with Crippen LogP contribution in [0, 0.1) is 3.57 Å². The van der Waals surface area contributed by atoms with Crippen LogP contribution in [0.3, 0.4) is 0 Å². The lowest BCUT2D eigenvalue weighted by atomic mass is 9.95. The Morgan fingerprint density at radius 1 is 1.16 bits per heavy atom. The lowest BCUT2D eigenvalue weighted by molar-refractivity contribution is -0.145. The molecule has 0 bridgehead atoms. The number of ether oxygens (including phenoxy) is 3. The number of allylic oxidation sites excluding steroid dienone is 1. The molecule has 0 spiro atoms. The molecule has 1 aromatic heterocycles. The van der Waals surface area contributed by atoms with Crippen molar-refractivity contribution in [1.29, 1.82) is 0 Å². The third-order valence-electron chi connectivity index (χ3n) is 5.67. The van der Waals surface area contributed by atoms with Crippen molar-refractivity contribution in [1.82, 2.24) is 4.57 Å². The summed E-state index contributed by atoms with van der Waals surface area (Å²) >= 11 is 3.39. The fraction of sp³-hybridized carbons (Fsp3) is 0.259. The van der Waals surface area contributed by atoms with Crippen LogP contribution in [-0.4, -0.2) is 36.8 Å². The molecule has 0 saturated heterocycles. The Balaban J connectivity index is 1.78. The number of hydrogen-bond acceptors (Lipinski definition) is 8. The maximum Gasteiger partial charge on any atom is 0.344 e. The van der Waals surface area contributed by atoms with Crippen LogP contribution in [0.4, 0.5) is 0 Å². The summed E-state index contributed by atoms with van der Waals surface area (Å²) in [6.07, 6.45) is 2.31. The standard InChI is InChI=1S/C27H25IN2O6S/c1-4-19-23(26(33)34-3)24(17-9-7-6-8-10-17)30-25(32)21(37-27(30)29-19)14-16-11-12-20(18(28)13-16)36-15-22(31)35-5-2/h6-14,24H,4-5,15H2,1-3H3/b21-14-/t24-/m1/s1. The molecule has 0 amide bonds. The summed E-state index contributed by atoms with van der Waals surface area (Å²) in [4.78, 5) is 43.3. The number of esters is 2. The second-order valence-corrected chi connectivity index (χ2v) is 10.2. The molecular weight excluding hydrogens is 607 g/mol. The molecule has 0 unspecified atom stereocenters. The zero-order valence-corrected chi connectivity index (χ0v) is 23.5. The number of benzene rings is 2. The van der Waals surface area contributed by atoms with E-state index in [0.29, 0.717) is 39.4 Å². The molecule has 8 nitrogen and oxygen atoms in total. The van der Waals surface area contributed by atoms with Crippen LogP contribution < -0.4 is 19.6 Å². The number of hydrogen-bond donors (Lipinski definition) is 0. The second-order valence-electron chi connectivity index (χ2n) is 7.98. The van der Waals surface area contributed by atoms with Crippen molar-refractivity contribution >= 4 is 51.9 Å². The topological polar surface area (TPSA) is 96.2 Å². The number of methoxy groups -OCH3 is 1. The third-order valence-corrected chi connectivity index (χ3v) is 7.50. The Kier molecular flexibility index (Phi) is 8.59. The highest BCUT2D eigenvalue weighted by atomic mass is 127. The van der Waals surface area contributed by atoms with Crippen molar-refractivity contribution in [2.75, 3.05) is 20.3 Å². The number of fused-ring (bicyclic) bond motifs is 1. The molecule has 37 heavy (non-hydrogen) atoms. The lowest BCUT2D eigenvalue weighted by Crippen LogP contribution is -2.40. The average Bonchev–Trinajstić information content (AvgIpc) is 3.21. The molecule has 0 radical (unpaired) electrons. The van der Waals surface area contributed by atoms with Crippen molar-refractivity contribution in [3.8, 4) is 5.75 Å². The minimum Gasteiger partial charge on any atom is -0.481 e. The Bertz CT molecular complexity index is 1540. The van der Waals surface area contributed by atoms with Crippen LogP contribution in [0.2, 0.25) is 0 Å². The van der Waals surface area contributed by atoms with E-state index >= 15 is 0 Å². The molecule has 1 aliphatic rings. The fourth-order valence-electron chi connectivity index (χ4n) is 4.03. The van der Waals surface area contributed by atoms with Gasteiger partial charge in [-0.05, 0) is 65.3 Å². The van der Waals surface area contributed by atoms with E-state index in [1.807, 2.05) is 49.4 Å². The molecular formula is C27H25IN2O6S. The van der Waals surface area contributed by atoms with Gasteiger partial charge in [0.1, 0.15) is 5.75 Å². The zero-order valence-electron chi connectivity index (χ0n) is 20.5. The number of carbonyl (C=O) groups excluding carboxylic acids is 2. The molecule has 2 aromatic carbocycles. The van der Waals surface area contributed by atoms with E-state index in [0.717, 1.165) is 14.7 Å². The monoisotopic (exact) mass is 632 g/mol. The number of carbonyl (C=O) groups is 2. The van der Waals surface area contributed by atoms with E-state index in [2.05, 4.69) is 27.6 Å². The first-order valence-corrected chi connectivity index (χ1v) is 13.5. The first-order chi connectivity index (χ1) is 17.9. The van der Waals surface area contributed by atoms with Gasteiger partial charge in [0.15, 0.2) is 11.4 Å². The molecule has 192 valence electrons. The van der Waals surface area contributed by atoms with Gasteiger partial charge in [0.05, 0.1) is 39.1 Å². The van der Waals surface area contributed by atoms with Gasteiger partial charge in [0, 0.05) is 0 Å². The van der Waals surface area contributed by atoms with Crippen LogP contribution in [0.5, 0.6) is 5.75 Å². The first-order valence-electron chi connectivity index (χ1n) is 11.6. The van der Waals surface area contributed by atoms with Gasteiger partial charge in [0.2, 0.25) is 0 Å². The van der Waals surface area contributed by atoms with E-state index in [1.165, 1.54) is 18.4 Å². The second kappa shape index (κ2) is 11.9. The van der Waals surface area contributed by atoms with Crippen LogP contribution >= 0.6 is 33.9 Å². The molecule has 1 atom stereocenters. The van der Waals surface area contributed by atoms with Gasteiger partial charge in [-0.3, -0.25) is 9.36 Å². The quantitative estimate of drug-likeness (QED) is 0.280. The summed E-state index contributed by atoms with van der Waals surface area (Å²) in [5, 5.41) is 0. The molecule has 0 saturated carbocycles. The summed E-state index contributed by atoms with van der Waals surface area (Å²) in [5.74, 6) is -0.391. The summed E-state index contributed by atoms with van der Waals surface area (Å²) in [6.45, 7) is 3.78. The minimum atomic E-state index is -0.638. The van der Waals surface area contributed by atoms with Crippen molar-refractivity contribution in [2.24, 2.45) is 4.99 Å². The zero-order chi connectivity index (χ0) is 26.5. The predicted molar refractivity (Wildman–Crippen MR) is 148 cm³/mol. The highest BCUT2D eigenvalue weighted by molar-refractivity contribution is 14.1. The Morgan fingerprint density at radius 2 is 1.92 bits per heavy atom. The molecule has 3 aromatic rings. The van der Waals surface area contributed by atoms with Crippen molar-refractivity contribution in [2.45, 2.75) is 26.3 Å². The summed E-state index contributed by atoms with van der Waals surface area (Å²) in [5.41, 5.74) is 2.32. The van der Waals surface area contributed by atoms with Crippen LogP contribution in [0.15, 0.2) is 69.6 Å². The van der Waals surface area contributed by atoms with E-state index in [1.54, 1.807) is 23.6 Å². The predicted octanol–water partition coefficient (Wildman–Crippen LogP) is 3.34. The highest BCUT2D eigenvalue weighted by Crippen LogP contribution is 2.31. The van der Waals surface area contributed by atoms with E-state index in [9.17, 15) is 14.4 Å². The van der Waals surface area contributed by atoms with E-state index in [-0.39, 0.29) is 12.2 Å². The van der Waals surface area contributed by atoms with Crippen LogP contribution in [-0.2, 0) is 19.1 Å². The molecule has 4 rings (SSSR count). The van der Waals surface area contributed by atoms with Gasteiger partial charge in [-0.15, -0.1) is 0 Å².